The van der Waals surface area contributed by atoms with E-state index in [4.69, 9.17) is 5.10 Å². The van der Waals surface area contributed by atoms with Gasteiger partial charge in [0.2, 0.25) is 0 Å². The molecule has 4 nitrogen and oxygen atoms in total. The van der Waals surface area contributed by atoms with Crippen LogP contribution in [0, 0.1) is 6.92 Å². The van der Waals surface area contributed by atoms with E-state index in [0.29, 0.717) is 16.2 Å². The minimum absolute atomic E-state index is 0.158. The molecule has 5 heteroatoms. The first-order valence-corrected chi connectivity index (χ1v) is 13.6. The number of rotatable bonds is 10. The van der Waals surface area contributed by atoms with Crippen molar-refractivity contribution in [3.8, 4) is 11.4 Å². The highest BCUT2D eigenvalue weighted by Crippen LogP contribution is 2.36. The van der Waals surface area contributed by atoms with E-state index in [1.165, 1.54) is 49.2 Å². The summed E-state index contributed by atoms with van der Waals surface area (Å²) < 4.78 is 0. The van der Waals surface area contributed by atoms with Crippen LogP contribution in [0.25, 0.3) is 16.7 Å². The molecule has 0 bridgehead atoms. The maximum atomic E-state index is 10.9. The lowest BCUT2D eigenvalue weighted by molar-refractivity contribution is 0.440. The van der Waals surface area contributed by atoms with Crippen molar-refractivity contribution in [3.63, 3.8) is 0 Å². The van der Waals surface area contributed by atoms with Gasteiger partial charge < -0.3 is 5.11 Å². The van der Waals surface area contributed by atoms with Crippen molar-refractivity contribution in [2.24, 2.45) is 0 Å². The first-order chi connectivity index (χ1) is 15.2. The predicted octanol–water partition coefficient (Wildman–Crippen LogP) is 6.95. The molecule has 1 N–H and O–H groups in total. The van der Waals surface area contributed by atoms with Crippen LogP contribution < -0.4 is 0 Å². The number of hydrogen-bond acceptors (Lipinski definition) is 3. The van der Waals surface area contributed by atoms with E-state index in [0.717, 1.165) is 28.6 Å². The van der Waals surface area contributed by atoms with E-state index < -0.39 is 0 Å². The van der Waals surface area contributed by atoms with Gasteiger partial charge in [-0.15, -0.1) is 15.0 Å². The smallest absolute Gasteiger partial charge is 0.146 e. The first-order valence-electron chi connectivity index (χ1n) is 11.9. The van der Waals surface area contributed by atoms with Gasteiger partial charge in [0.15, 0.2) is 0 Å². The van der Waals surface area contributed by atoms with Gasteiger partial charge in [0.05, 0.1) is 0 Å². The van der Waals surface area contributed by atoms with E-state index in [9.17, 15) is 5.11 Å². The fourth-order valence-electron chi connectivity index (χ4n) is 3.97. The normalized spacial score (nSPS) is 13.0. The fourth-order valence-corrected chi connectivity index (χ4v) is 5.48. The Kier molecular flexibility index (Phi) is 8.16. The van der Waals surface area contributed by atoms with Gasteiger partial charge in [0, 0.05) is 5.56 Å². The third-order valence-corrected chi connectivity index (χ3v) is 7.62. The number of phenolic OH excluding ortho intramolecular Hbond substituents is 1. The molecule has 3 rings (SSSR count). The lowest BCUT2D eigenvalue weighted by atomic mass is 9.85. The van der Waals surface area contributed by atoms with Crippen molar-refractivity contribution in [2.45, 2.75) is 78.6 Å². The second-order valence-electron chi connectivity index (χ2n) is 9.93. The maximum absolute atomic E-state index is 10.9. The molecular formula is C27H39N3OS. The summed E-state index contributed by atoms with van der Waals surface area (Å²) in [6.07, 6.45) is 7.36. The molecule has 0 saturated heterocycles. The summed E-state index contributed by atoms with van der Waals surface area (Å²) in [5, 5.41) is 20.3. The second kappa shape index (κ2) is 10.7. The predicted molar refractivity (Wildman–Crippen MR) is 141 cm³/mol. The van der Waals surface area contributed by atoms with Gasteiger partial charge in [-0.05, 0) is 78.9 Å². The lowest BCUT2D eigenvalue weighted by Crippen LogP contribution is -2.13. The third-order valence-electron chi connectivity index (χ3n) is 5.89. The Morgan fingerprint density at radius 2 is 1.69 bits per heavy atom. The number of aryl methyl sites for hydroxylation is 2. The van der Waals surface area contributed by atoms with Gasteiger partial charge in [-0.1, -0.05) is 58.5 Å². The number of fused-ring (bicyclic) bond motifs is 1. The SMILES string of the molecule is C=S(CCCC)CCCCCc1ccc2nn(-c3cc(C)cc(C(C)(C)C)c3O)nc2c1. The van der Waals surface area contributed by atoms with Crippen molar-refractivity contribution < 1.29 is 5.11 Å². The quantitative estimate of drug-likeness (QED) is 0.267. The molecule has 3 aromatic rings. The number of nitrogens with zero attached hydrogens (tertiary/aromatic N) is 3. The number of unbranched alkanes of at least 4 members (excludes halogenated alkanes) is 3. The van der Waals surface area contributed by atoms with Crippen LogP contribution >= 0.6 is 10.5 Å². The summed E-state index contributed by atoms with van der Waals surface area (Å²) in [7, 11) is 0.345. The molecule has 1 unspecified atom stereocenters. The Hall–Kier alpha value is -2.14. The molecule has 1 aromatic heterocycles. The average molecular weight is 454 g/mol. The van der Waals surface area contributed by atoms with E-state index in [1.54, 1.807) is 4.80 Å². The Labute approximate surface area is 196 Å². The Bertz CT molecular complexity index is 1080. The van der Waals surface area contributed by atoms with Crippen LogP contribution in [0.15, 0.2) is 30.3 Å². The topological polar surface area (TPSA) is 50.9 Å². The Morgan fingerprint density at radius 3 is 2.41 bits per heavy atom. The highest BCUT2D eigenvalue weighted by Gasteiger charge is 2.22. The summed E-state index contributed by atoms with van der Waals surface area (Å²) in [5.74, 6) is 7.13. The van der Waals surface area contributed by atoms with Crippen molar-refractivity contribution >= 4 is 27.4 Å². The largest absolute Gasteiger partial charge is 0.505 e. The molecule has 0 aliphatic rings. The number of aromatic nitrogens is 3. The highest BCUT2D eigenvalue weighted by atomic mass is 32.2. The zero-order valence-electron chi connectivity index (χ0n) is 20.4. The van der Waals surface area contributed by atoms with Crippen LogP contribution in [-0.4, -0.2) is 37.5 Å². The zero-order chi connectivity index (χ0) is 23.3. The van der Waals surface area contributed by atoms with Crippen molar-refractivity contribution in [1.29, 1.82) is 0 Å². The van der Waals surface area contributed by atoms with E-state index in [1.807, 2.05) is 25.1 Å². The molecule has 0 fully saturated rings. The monoisotopic (exact) mass is 453 g/mol. The molecule has 0 radical (unpaired) electrons. The van der Waals surface area contributed by atoms with E-state index >= 15 is 0 Å². The molecule has 1 heterocycles. The van der Waals surface area contributed by atoms with Crippen molar-refractivity contribution in [3.05, 3.63) is 47.0 Å². The summed E-state index contributed by atoms with van der Waals surface area (Å²) in [5.41, 5.74) is 5.50. The van der Waals surface area contributed by atoms with Crippen LogP contribution in [0.5, 0.6) is 5.75 Å². The standard InChI is InChI=1S/C27H39N3OS/c1-7-8-15-32(6)16-11-9-10-12-21-13-14-23-24(19-21)29-30(28-23)25-18-20(2)17-22(26(25)31)27(3,4)5/h13-14,17-19,31H,6-12,15-16H2,1-5H3. The number of hydrogen-bond donors (Lipinski definition) is 1. The number of aromatic hydroxyl groups is 1. The summed E-state index contributed by atoms with van der Waals surface area (Å²) in [6.45, 7) is 10.6. The highest BCUT2D eigenvalue weighted by molar-refractivity contribution is 8.14. The number of phenols is 1. The van der Waals surface area contributed by atoms with Gasteiger partial charge in [0.25, 0.3) is 0 Å². The van der Waals surface area contributed by atoms with Gasteiger partial charge in [0.1, 0.15) is 22.5 Å². The Morgan fingerprint density at radius 1 is 0.969 bits per heavy atom. The molecule has 0 saturated carbocycles. The zero-order valence-corrected chi connectivity index (χ0v) is 21.3. The molecular weight excluding hydrogens is 414 g/mol. The number of benzene rings is 2. The molecule has 0 aliphatic carbocycles. The van der Waals surface area contributed by atoms with Crippen LogP contribution in [0.3, 0.4) is 0 Å². The van der Waals surface area contributed by atoms with Gasteiger partial charge in [-0.2, -0.15) is 10.5 Å². The average Bonchev–Trinajstić information content (AvgIpc) is 3.15. The molecule has 2 aromatic carbocycles. The van der Waals surface area contributed by atoms with E-state index in [2.05, 4.69) is 50.8 Å². The Balaban J connectivity index is 1.68. The first kappa shape index (κ1) is 24.5. The minimum atomic E-state index is -0.158. The summed E-state index contributed by atoms with van der Waals surface area (Å²) >= 11 is 0. The lowest BCUT2D eigenvalue weighted by Gasteiger charge is -2.22. The van der Waals surface area contributed by atoms with Crippen LogP contribution in [0.2, 0.25) is 0 Å². The van der Waals surface area contributed by atoms with E-state index in [-0.39, 0.29) is 11.2 Å². The summed E-state index contributed by atoms with van der Waals surface area (Å²) in [4.78, 5) is 1.58. The molecule has 32 heavy (non-hydrogen) atoms. The van der Waals surface area contributed by atoms with Crippen molar-refractivity contribution in [2.75, 3.05) is 11.5 Å². The van der Waals surface area contributed by atoms with Crippen molar-refractivity contribution in [1.82, 2.24) is 15.0 Å². The molecule has 0 spiro atoms. The molecule has 0 aliphatic heterocycles. The third kappa shape index (κ3) is 6.22. The van der Waals surface area contributed by atoms with Crippen LogP contribution in [-0.2, 0) is 11.8 Å². The summed E-state index contributed by atoms with van der Waals surface area (Å²) in [6, 6.07) is 10.3. The van der Waals surface area contributed by atoms with Gasteiger partial charge in [-0.3, -0.25) is 0 Å². The van der Waals surface area contributed by atoms with Crippen LogP contribution in [0.1, 0.15) is 76.5 Å². The molecule has 174 valence electrons. The molecule has 1 atom stereocenters. The fraction of sp³-hybridized carbons (Fsp3) is 0.519. The van der Waals surface area contributed by atoms with Gasteiger partial charge in [-0.25, -0.2) is 0 Å². The second-order valence-corrected chi connectivity index (χ2v) is 12.0. The maximum Gasteiger partial charge on any atom is 0.146 e. The van der Waals surface area contributed by atoms with Gasteiger partial charge >= 0.3 is 0 Å². The minimum Gasteiger partial charge on any atom is -0.505 e. The van der Waals surface area contributed by atoms with Crippen LogP contribution in [0.4, 0.5) is 0 Å². The molecule has 0 amide bonds.